The molecule has 172 valence electrons. The average Bonchev–Trinajstić information content (AvgIpc) is 2.68. The van der Waals surface area contributed by atoms with Crippen molar-refractivity contribution < 1.29 is 23.9 Å². The summed E-state index contributed by atoms with van der Waals surface area (Å²) in [4.78, 5) is 38.0. The molecule has 3 amide bonds. The fourth-order valence-corrected chi connectivity index (χ4v) is 3.39. The van der Waals surface area contributed by atoms with E-state index in [2.05, 4.69) is 10.6 Å². The van der Waals surface area contributed by atoms with Gasteiger partial charge in [0.2, 0.25) is 5.91 Å². The Morgan fingerprint density at radius 3 is 2.29 bits per heavy atom. The van der Waals surface area contributed by atoms with E-state index in [0.29, 0.717) is 25.9 Å². The highest BCUT2D eigenvalue weighted by Gasteiger charge is 2.25. The molecule has 8 heteroatoms. The smallest absolute Gasteiger partial charge is 0.408 e. The average molecular weight is 434 g/mol. The number of piperidine rings is 1. The number of carbonyl (C=O) groups excluding carboxylic acids is 3. The van der Waals surface area contributed by atoms with Crippen molar-refractivity contribution in [2.75, 3.05) is 26.2 Å². The second-order valence-electron chi connectivity index (χ2n) is 9.02. The largest absolute Gasteiger partial charge is 0.483 e. The molecule has 1 aromatic rings. The molecule has 0 radical (unpaired) electrons. The monoisotopic (exact) mass is 433 g/mol. The first-order valence-electron chi connectivity index (χ1n) is 10.7. The Bertz CT molecular complexity index is 808. The van der Waals surface area contributed by atoms with Crippen LogP contribution in [0.5, 0.6) is 5.75 Å². The molecule has 8 nitrogen and oxygen atoms in total. The lowest BCUT2D eigenvalue weighted by molar-refractivity contribution is -0.134. The maximum atomic E-state index is 12.6. The third-order valence-electron chi connectivity index (χ3n) is 5.22. The third-order valence-corrected chi connectivity index (χ3v) is 5.22. The van der Waals surface area contributed by atoms with Crippen LogP contribution < -0.4 is 15.4 Å². The topological polar surface area (TPSA) is 97.0 Å². The highest BCUT2D eigenvalue weighted by atomic mass is 16.6. The number of nitrogens with zero attached hydrogens (tertiary/aromatic N) is 1. The van der Waals surface area contributed by atoms with Crippen molar-refractivity contribution in [1.82, 2.24) is 15.5 Å². The highest BCUT2D eigenvalue weighted by molar-refractivity contribution is 5.82. The molecule has 31 heavy (non-hydrogen) atoms. The van der Waals surface area contributed by atoms with E-state index in [1.54, 1.807) is 25.7 Å². The van der Waals surface area contributed by atoms with Crippen LogP contribution in [0.15, 0.2) is 12.1 Å². The molecule has 2 rings (SSSR count). The van der Waals surface area contributed by atoms with Crippen LogP contribution in [-0.2, 0) is 14.3 Å². The van der Waals surface area contributed by atoms with Gasteiger partial charge in [-0.3, -0.25) is 9.59 Å². The van der Waals surface area contributed by atoms with Crippen molar-refractivity contribution in [1.29, 1.82) is 0 Å². The van der Waals surface area contributed by atoms with E-state index in [4.69, 9.17) is 9.47 Å². The van der Waals surface area contributed by atoms with E-state index in [1.807, 2.05) is 32.9 Å². The Hall–Kier alpha value is -2.77. The van der Waals surface area contributed by atoms with E-state index >= 15 is 0 Å². The number of amides is 3. The van der Waals surface area contributed by atoms with Crippen LogP contribution in [0.1, 0.15) is 50.3 Å². The SMILES string of the molecule is Cc1ccc(C)c(OCC(=O)N2CCC(NC(=O)CNC(=O)OC(C)(C)C)CC2)c1C. The van der Waals surface area contributed by atoms with Gasteiger partial charge in [0.15, 0.2) is 6.61 Å². The van der Waals surface area contributed by atoms with Gasteiger partial charge in [0, 0.05) is 19.1 Å². The lowest BCUT2D eigenvalue weighted by Gasteiger charge is -2.32. The molecule has 0 spiro atoms. The predicted molar refractivity (Wildman–Crippen MR) is 118 cm³/mol. The molecular formula is C23H35N3O5. The van der Waals surface area contributed by atoms with E-state index in [-0.39, 0.29) is 31.0 Å². The zero-order valence-corrected chi connectivity index (χ0v) is 19.5. The summed E-state index contributed by atoms with van der Waals surface area (Å²) in [5.41, 5.74) is 2.58. The maximum absolute atomic E-state index is 12.6. The summed E-state index contributed by atoms with van der Waals surface area (Å²) in [6.45, 7) is 12.2. The number of carbonyl (C=O) groups is 3. The minimum absolute atomic E-state index is 0.00195. The number of hydrogen-bond donors (Lipinski definition) is 2. The van der Waals surface area contributed by atoms with Crippen LogP contribution >= 0.6 is 0 Å². The van der Waals surface area contributed by atoms with Crippen molar-refractivity contribution in [3.8, 4) is 5.75 Å². The second-order valence-corrected chi connectivity index (χ2v) is 9.02. The molecule has 1 heterocycles. The van der Waals surface area contributed by atoms with Gasteiger partial charge < -0.3 is 25.0 Å². The predicted octanol–water partition coefficient (Wildman–Crippen LogP) is 2.62. The Kier molecular flexibility index (Phi) is 8.30. The minimum atomic E-state index is -0.623. The Balaban J connectivity index is 1.72. The molecule has 1 aromatic carbocycles. The number of nitrogens with one attached hydrogen (secondary N) is 2. The molecule has 1 fully saturated rings. The summed E-state index contributed by atoms with van der Waals surface area (Å²) in [5, 5.41) is 5.34. The third kappa shape index (κ3) is 7.77. The molecule has 0 saturated carbocycles. The van der Waals surface area contributed by atoms with Crippen LogP contribution in [0.25, 0.3) is 0 Å². The molecule has 0 unspecified atom stereocenters. The quantitative estimate of drug-likeness (QED) is 0.719. The van der Waals surface area contributed by atoms with Crippen molar-refractivity contribution in [3.63, 3.8) is 0 Å². The van der Waals surface area contributed by atoms with Crippen molar-refractivity contribution >= 4 is 17.9 Å². The Morgan fingerprint density at radius 1 is 1.06 bits per heavy atom. The van der Waals surface area contributed by atoms with Crippen LogP contribution in [0.2, 0.25) is 0 Å². The molecule has 1 aliphatic heterocycles. The summed E-state index contributed by atoms with van der Waals surface area (Å²) in [6.07, 6.45) is 0.695. The first-order valence-corrected chi connectivity index (χ1v) is 10.7. The summed E-state index contributed by atoms with van der Waals surface area (Å²) >= 11 is 0. The van der Waals surface area contributed by atoms with Gasteiger partial charge in [-0.05, 0) is 71.1 Å². The molecule has 2 N–H and O–H groups in total. The van der Waals surface area contributed by atoms with Crippen molar-refractivity contribution in [3.05, 3.63) is 28.8 Å². The minimum Gasteiger partial charge on any atom is -0.483 e. The van der Waals surface area contributed by atoms with Gasteiger partial charge in [0.25, 0.3) is 5.91 Å². The van der Waals surface area contributed by atoms with E-state index in [9.17, 15) is 14.4 Å². The van der Waals surface area contributed by atoms with E-state index < -0.39 is 11.7 Å². The van der Waals surface area contributed by atoms with Gasteiger partial charge in [-0.1, -0.05) is 12.1 Å². The zero-order valence-electron chi connectivity index (χ0n) is 19.5. The van der Waals surface area contributed by atoms with Crippen LogP contribution in [0.4, 0.5) is 4.79 Å². The molecule has 0 aliphatic carbocycles. The number of ether oxygens (including phenoxy) is 2. The zero-order chi connectivity index (χ0) is 23.2. The fourth-order valence-electron chi connectivity index (χ4n) is 3.39. The molecule has 1 aliphatic rings. The number of hydrogen-bond acceptors (Lipinski definition) is 5. The van der Waals surface area contributed by atoms with Gasteiger partial charge in [0.05, 0.1) is 0 Å². The molecular weight excluding hydrogens is 398 g/mol. The lowest BCUT2D eigenvalue weighted by atomic mass is 10.0. The number of aryl methyl sites for hydroxylation is 2. The summed E-state index contributed by atoms with van der Waals surface area (Å²) in [5.74, 6) is 0.439. The number of benzene rings is 1. The van der Waals surface area contributed by atoms with E-state index in [1.165, 1.54) is 0 Å². The summed E-state index contributed by atoms with van der Waals surface area (Å²) < 4.78 is 10.9. The normalized spacial score (nSPS) is 14.7. The van der Waals surface area contributed by atoms with Gasteiger partial charge in [-0.15, -0.1) is 0 Å². The van der Waals surface area contributed by atoms with Crippen LogP contribution in [-0.4, -0.2) is 60.7 Å². The maximum Gasteiger partial charge on any atom is 0.408 e. The number of alkyl carbamates (subject to hydrolysis) is 1. The van der Waals surface area contributed by atoms with Gasteiger partial charge in [-0.25, -0.2) is 4.79 Å². The van der Waals surface area contributed by atoms with Crippen LogP contribution in [0.3, 0.4) is 0 Å². The van der Waals surface area contributed by atoms with Crippen molar-refractivity contribution in [2.24, 2.45) is 0 Å². The molecule has 0 atom stereocenters. The van der Waals surface area contributed by atoms with Gasteiger partial charge in [0.1, 0.15) is 17.9 Å². The summed E-state index contributed by atoms with van der Waals surface area (Å²) in [7, 11) is 0. The molecule has 0 bridgehead atoms. The van der Waals surface area contributed by atoms with Gasteiger partial charge >= 0.3 is 6.09 Å². The fraction of sp³-hybridized carbons (Fsp3) is 0.609. The first kappa shape index (κ1) is 24.5. The standard InChI is InChI=1S/C23H35N3O5/c1-15-7-8-16(2)21(17(15)3)30-14-20(28)26-11-9-18(10-12-26)25-19(27)13-24-22(29)31-23(4,5)6/h7-8,18H,9-14H2,1-6H3,(H,24,29)(H,25,27). The second kappa shape index (κ2) is 10.5. The number of likely N-dealkylation sites (tertiary alicyclic amines) is 1. The first-order chi connectivity index (χ1) is 14.5. The number of rotatable bonds is 6. The highest BCUT2D eigenvalue weighted by Crippen LogP contribution is 2.25. The lowest BCUT2D eigenvalue weighted by Crippen LogP contribution is -2.49. The molecule has 1 saturated heterocycles. The van der Waals surface area contributed by atoms with Crippen LogP contribution in [0, 0.1) is 20.8 Å². The Labute approximate surface area is 184 Å². The van der Waals surface area contributed by atoms with E-state index in [0.717, 1.165) is 22.4 Å². The Morgan fingerprint density at radius 2 is 1.68 bits per heavy atom. The summed E-state index contributed by atoms with van der Waals surface area (Å²) in [6, 6.07) is 4.01. The van der Waals surface area contributed by atoms with Crippen molar-refractivity contribution in [2.45, 2.75) is 66.0 Å². The van der Waals surface area contributed by atoms with Gasteiger partial charge in [-0.2, -0.15) is 0 Å². The molecule has 0 aromatic heterocycles.